The third-order valence-corrected chi connectivity index (χ3v) is 4.17. The maximum atomic E-state index is 12.0. The van der Waals surface area contributed by atoms with E-state index in [0.29, 0.717) is 0 Å². The van der Waals surface area contributed by atoms with Crippen LogP contribution < -0.4 is 0 Å². The van der Waals surface area contributed by atoms with E-state index in [0.717, 1.165) is 6.42 Å². The molecule has 0 aromatic rings. The van der Waals surface area contributed by atoms with Crippen molar-refractivity contribution in [2.45, 2.75) is 77.5 Å². The fraction of sp³-hybridized carbons (Fsp3) is 0.929. The number of carbonyl (C=O) groups excluding carboxylic acids is 1. The smallest absolute Gasteiger partial charge is 0.460 e. The number of ether oxygens (including phenoxy) is 1. The van der Waals surface area contributed by atoms with Gasteiger partial charge < -0.3 is 14.0 Å². The molecule has 2 atom stereocenters. The fourth-order valence-corrected chi connectivity index (χ4v) is 2.23. The molecule has 2 fully saturated rings. The van der Waals surface area contributed by atoms with Crippen LogP contribution in [0.5, 0.6) is 0 Å². The molecule has 0 radical (unpaired) electrons. The molecule has 1 aliphatic heterocycles. The maximum Gasteiger partial charge on any atom is 0.462 e. The summed E-state index contributed by atoms with van der Waals surface area (Å²) in [6.45, 7) is 13.8. The van der Waals surface area contributed by atoms with Crippen LogP contribution in [-0.2, 0) is 18.8 Å². The Labute approximate surface area is 116 Å². The van der Waals surface area contributed by atoms with Crippen LogP contribution in [0.1, 0.15) is 54.9 Å². The minimum atomic E-state index is -0.430. The number of hydrogen-bond acceptors (Lipinski definition) is 4. The lowest BCUT2D eigenvalue weighted by molar-refractivity contribution is -0.156. The minimum Gasteiger partial charge on any atom is -0.460 e. The van der Waals surface area contributed by atoms with Crippen LogP contribution in [0, 0.1) is 5.92 Å². The van der Waals surface area contributed by atoms with Crippen molar-refractivity contribution in [1.29, 1.82) is 0 Å². The van der Waals surface area contributed by atoms with Gasteiger partial charge in [0.1, 0.15) is 5.60 Å². The van der Waals surface area contributed by atoms with E-state index in [1.807, 2.05) is 48.5 Å². The predicted octanol–water partition coefficient (Wildman–Crippen LogP) is 2.81. The quantitative estimate of drug-likeness (QED) is 0.570. The highest BCUT2D eigenvalue weighted by Crippen LogP contribution is 2.53. The van der Waals surface area contributed by atoms with Gasteiger partial charge in [-0.15, -0.1) is 0 Å². The van der Waals surface area contributed by atoms with Crippen LogP contribution in [-0.4, -0.2) is 29.9 Å². The Balaban J connectivity index is 1.93. The summed E-state index contributed by atoms with van der Waals surface area (Å²) >= 11 is 0. The Hall–Kier alpha value is -0.545. The van der Waals surface area contributed by atoms with E-state index < -0.39 is 5.60 Å². The Morgan fingerprint density at radius 2 is 1.63 bits per heavy atom. The van der Waals surface area contributed by atoms with Crippen LogP contribution in [0.15, 0.2) is 0 Å². The Kier molecular flexibility index (Phi) is 3.30. The average molecular weight is 268 g/mol. The van der Waals surface area contributed by atoms with Crippen LogP contribution in [0.2, 0.25) is 5.82 Å². The van der Waals surface area contributed by atoms with Crippen molar-refractivity contribution in [3.63, 3.8) is 0 Å². The van der Waals surface area contributed by atoms with E-state index in [4.69, 9.17) is 14.0 Å². The molecule has 1 heterocycles. The average Bonchev–Trinajstić information content (AvgIpc) is 2.87. The highest BCUT2D eigenvalue weighted by molar-refractivity contribution is 6.49. The number of esters is 1. The monoisotopic (exact) mass is 268 g/mol. The summed E-state index contributed by atoms with van der Waals surface area (Å²) in [7, 11) is -0.289. The van der Waals surface area contributed by atoms with Gasteiger partial charge in [-0.25, -0.2) is 0 Å². The lowest BCUT2D eigenvalue weighted by Gasteiger charge is -2.32. The molecule has 108 valence electrons. The molecule has 5 heteroatoms. The molecule has 0 N–H and O–H groups in total. The molecule has 2 rings (SSSR count). The zero-order chi connectivity index (χ0) is 14.6. The van der Waals surface area contributed by atoms with E-state index in [1.54, 1.807) is 0 Å². The van der Waals surface area contributed by atoms with E-state index in [9.17, 15) is 4.79 Å². The lowest BCUT2D eigenvalue weighted by atomic mass is 9.80. The largest absolute Gasteiger partial charge is 0.462 e. The SMILES string of the molecule is CC(C)(C)OC(=O)[C@H]1C[C@@H]1B1OC(C)(C)C(C)(C)O1. The van der Waals surface area contributed by atoms with Gasteiger partial charge in [0.2, 0.25) is 0 Å². The highest BCUT2D eigenvalue weighted by atomic mass is 16.7. The van der Waals surface area contributed by atoms with Gasteiger partial charge in [-0.2, -0.15) is 0 Å². The maximum absolute atomic E-state index is 12.0. The standard InChI is InChI=1S/C14H25BO4/c1-12(2,3)17-11(16)9-8-10(9)15-18-13(4,5)14(6,7)19-15/h9-10H,8H2,1-7H3/t9-,10-/m0/s1. The fourth-order valence-electron chi connectivity index (χ4n) is 2.23. The second kappa shape index (κ2) is 4.22. The summed E-state index contributed by atoms with van der Waals surface area (Å²) in [5.74, 6) is -0.0722. The van der Waals surface area contributed by atoms with Crippen LogP contribution in [0.3, 0.4) is 0 Å². The van der Waals surface area contributed by atoms with Gasteiger partial charge >= 0.3 is 13.1 Å². The first kappa shape index (κ1) is 14.9. The van der Waals surface area contributed by atoms with E-state index >= 15 is 0 Å². The van der Waals surface area contributed by atoms with Gasteiger partial charge in [-0.3, -0.25) is 4.79 Å². The Morgan fingerprint density at radius 1 is 1.16 bits per heavy atom. The first-order valence-corrected chi connectivity index (χ1v) is 7.01. The number of hydrogen-bond donors (Lipinski definition) is 0. The lowest BCUT2D eigenvalue weighted by Crippen LogP contribution is -2.41. The van der Waals surface area contributed by atoms with Crippen molar-refractivity contribution in [3.8, 4) is 0 Å². The van der Waals surface area contributed by atoms with Gasteiger partial charge in [0.05, 0.1) is 17.1 Å². The zero-order valence-corrected chi connectivity index (χ0v) is 13.1. The van der Waals surface area contributed by atoms with Gasteiger partial charge in [-0.05, 0) is 54.9 Å². The molecule has 1 aliphatic carbocycles. The minimum absolute atomic E-state index is 0.0751. The molecular formula is C14H25BO4. The molecule has 0 amide bonds. The summed E-state index contributed by atoms with van der Waals surface area (Å²) in [6, 6.07) is 0. The molecule has 19 heavy (non-hydrogen) atoms. The molecule has 0 bridgehead atoms. The third kappa shape index (κ3) is 2.97. The van der Waals surface area contributed by atoms with Crippen molar-refractivity contribution in [3.05, 3.63) is 0 Å². The van der Waals surface area contributed by atoms with Crippen LogP contribution in [0.4, 0.5) is 0 Å². The Bertz CT molecular complexity index is 367. The van der Waals surface area contributed by atoms with E-state index in [2.05, 4.69) is 0 Å². The van der Waals surface area contributed by atoms with Crippen molar-refractivity contribution < 1.29 is 18.8 Å². The summed E-state index contributed by atoms with van der Waals surface area (Å²) in [5.41, 5.74) is -1.10. The molecule has 0 unspecified atom stereocenters. The first-order valence-electron chi connectivity index (χ1n) is 7.01. The van der Waals surface area contributed by atoms with Crippen LogP contribution >= 0.6 is 0 Å². The molecule has 4 nitrogen and oxygen atoms in total. The van der Waals surface area contributed by atoms with Crippen molar-refractivity contribution in [2.75, 3.05) is 0 Å². The first-order chi connectivity index (χ1) is 8.43. The van der Waals surface area contributed by atoms with Crippen LogP contribution in [0.25, 0.3) is 0 Å². The third-order valence-electron chi connectivity index (χ3n) is 4.17. The molecule has 1 saturated carbocycles. The summed E-state index contributed by atoms with van der Waals surface area (Å²) in [5, 5.41) is 0. The molecule has 0 spiro atoms. The van der Waals surface area contributed by atoms with Crippen molar-refractivity contribution in [1.82, 2.24) is 0 Å². The molecule has 2 aliphatic rings. The second-order valence-electron chi connectivity index (χ2n) is 7.66. The zero-order valence-electron chi connectivity index (χ0n) is 13.1. The van der Waals surface area contributed by atoms with Crippen molar-refractivity contribution in [2.24, 2.45) is 5.92 Å². The normalized spacial score (nSPS) is 32.3. The summed E-state index contributed by atoms with van der Waals surface area (Å²) in [6.07, 6.45) is 0.797. The van der Waals surface area contributed by atoms with Gasteiger partial charge in [-0.1, -0.05) is 0 Å². The van der Waals surface area contributed by atoms with Gasteiger partial charge in [0, 0.05) is 5.82 Å². The molecule has 0 aromatic carbocycles. The second-order valence-corrected chi connectivity index (χ2v) is 7.66. The molecule has 1 saturated heterocycles. The van der Waals surface area contributed by atoms with Crippen molar-refractivity contribution >= 4 is 13.1 Å². The van der Waals surface area contributed by atoms with Gasteiger partial charge in [0.25, 0.3) is 0 Å². The summed E-state index contributed by atoms with van der Waals surface area (Å²) in [4.78, 5) is 12.0. The molecule has 0 aromatic heterocycles. The summed E-state index contributed by atoms with van der Waals surface area (Å²) < 4.78 is 17.3. The number of carbonyl (C=O) groups is 1. The van der Waals surface area contributed by atoms with Gasteiger partial charge in [0.15, 0.2) is 0 Å². The molecular weight excluding hydrogens is 243 g/mol. The predicted molar refractivity (Wildman–Crippen MR) is 73.8 cm³/mol. The Morgan fingerprint density at radius 3 is 2.05 bits per heavy atom. The highest BCUT2D eigenvalue weighted by Gasteiger charge is 2.62. The topological polar surface area (TPSA) is 44.8 Å². The van der Waals surface area contributed by atoms with E-state index in [1.165, 1.54) is 0 Å². The van der Waals surface area contributed by atoms with E-state index in [-0.39, 0.29) is 36.0 Å². The number of rotatable bonds is 2.